The molecule has 1 N–H and O–H groups in total. The average molecular weight is 485 g/mol. The van der Waals surface area contributed by atoms with Crippen LogP contribution in [0.3, 0.4) is 0 Å². The maximum atomic E-state index is 13.3. The van der Waals surface area contributed by atoms with Crippen molar-refractivity contribution >= 4 is 33.4 Å². The van der Waals surface area contributed by atoms with Crippen LogP contribution in [0.5, 0.6) is 0 Å². The summed E-state index contributed by atoms with van der Waals surface area (Å²) in [6, 6.07) is 12.2. The van der Waals surface area contributed by atoms with E-state index in [0.717, 1.165) is 29.3 Å². The van der Waals surface area contributed by atoms with Crippen LogP contribution in [0.15, 0.2) is 69.8 Å². The highest BCUT2D eigenvalue weighted by Gasteiger charge is 2.31. The third-order valence-electron chi connectivity index (χ3n) is 5.92. The van der Waals surface area contributed by atoms with Crippen molar-refractivity contribution in [2.24, 2.45) is 7.05 Å². The number of nitrogens with one attached hydrogen (secondary N) is 1. The Kier molecular flexibility index (Phi) is 6.92. The summed E-state index contributed by atoms with van der Waals surface area (Å²) in [7, 11) is -1.75. The number of benzene rings is 2. The number of carbonyl (C=O) groups excluding carboxylic acids is 1. The van der Waals surface area contributed by atoms with Crippen molar-refractivity contribution in [1.82, 2.24) is 13.9 Å². The predicted molar refractivity (Wildman–Crippen MR) is 130 cm³/mol. The Hall–Kier alpha value is -2.62. The van der Waals surface area contributed by atoms with Gasteiger partial charge in [0.2, 0.25) is 10.0 Å². The lowest BCUT2D eigenvalue weighted by atomic mass is 10.1. The van der Waals surface area contributed by atoms with Gasteiger partial charge in [-0.15, -0.1) is 0 Å². The summed E-state index contributed by atoms with van der Waals surface area (Å²) < 4.78 is 30.0. The largest absolute Gasteiger partial charge is 0.329 e. The minimum Gasteiger partial charge on any atom is -0.329 e. The molecule has 1 aliphatic rings. The molecule has 0 spiro atoms. The molecule has 1 fully saturated rings. The number of amides is 1. The van der Waals surface area contributed by atoms with Crippen molar-refractivity contribution in [3.8, 4) is 0 Å². The topological polar surface area (TPSA) is 84.3 Å². The summed E-state index contributed by atoms with van der Waals surface area (Å²) in [4.78, 5) is 18.6. The molecule has 4 rings (SSSR count). The van der Waals surface area contributed by atoms with Gasteiger partial charge < -0.3 is 9.88 Å². The minimum atomic E-state index is -3.67. The first-order valence-electron chi connectivity index (χ1n) is 11.0. The van der Waals surface area contributed by atoms with Crippen LogP contribution in [-0.2, 0) is 17.1 Å². The second-order valence-electron chi connectivity index (χ2n) is 8.31. The summed E-state index contributed by atoms with van der Waals surface area (Å²) >= 11 is 1.45. The van der Waals surface area contributed by atoms with Gasteiger partial charge in [-0.25, -0.2) is 13.4 Å². The fourth-order valence-corrected chi connectivity index (χ4v) is 6.58. The molecule has 1 unspecified atom stereocenters. The molecular formula is C24H28N4O3S2. The average Bonchev–Trinajstić information content (AvgIpc) is 3.19. The first-order valence-corrected chi connectivity index (χ1v) is 13.2. The van der Waals surface area contributed by atoms with Crippen molar-refractivity contribution in [2.75, 3.05) is 11.9 Å². The SMILES string of the molecule is Cc1ccc(S(=O)(=O)N2CCCCC2C)cc1C(=O)Nc1ccccc1Sc1nccn1C. The van der Waals surface area contributed by atoms with E-state index in [9.17, 15) is 13.2 Å². The Morgan fingerprint density at radius 3 is 2.70 bits per heavy atom. The van der Waals surface area contributed by atoms with Crippen molar-refractivity contribution < 1.29 is 13.2 Å². The number of aryl methyl sites for hydroxylation is 2. The van der Waals surface area contributed by atoms with Crippen LogP contribution in [0.25, 0.3) is 0 Å². The molecular weight excluding hydrogens is 456 g/mol. The third-order valence-corrected chi connectivity index (χ3v) is 9.08. The molecule has 174 valence electrons. The first kappa shape index (κ1) is 23.5. The third kappa shape index (κ3) is 5.00. The van der Waals surface area contributed by atoms with E-state index < -0.39 is 10.0 Å². The highest BCUT2D eigenvalue weighted by molar-refractivity contribution is 7.99. The van der Waals surface area contributed by atoms with Gasteiger partial charge in [0, 0.05) is 42.5 Å². The fourth-order valence-electron chi connectivity index (χ4n) is 3.97. The van der Waals surface area contributed by atoms with Gasteiger partial charge in [0.15, 0.2) is 5.16 Å². The zero-order valence-corrected chi connectivity index (χ0v) is 20.6. The predicted octanol–water partition coefficient (Wildman–Crippen LogP) is 4.70. The Bertz CT molecular complexity index is 1270. The first-order chi connectivity index (χ1) is 15.8. The van der Waals surface area contributed by atoms with Crippen LogP contribution in [0.1, 0.15) is 42.1 Å². The molecule has 1 saturated heterocycles. The van der Waals surface area contributed by atoms with E-state index in [-0.39, 0.29) is 16.8 Å². The molecule has 0 aliphatic carbocycles. The smallest absolute Gasteiger partial charge is 0.256 e. The highest BCUT2D eigenvalue weighted by atomic mass is 32.2. The van der Waals surface area contributed by atoms with Crippen molar-refractivity contribution in [3.05, 3.63) is 66.0 Å². The molecule has 0 bridgehead atoms. The van der Waals surface area contributed by atoms with Crippen LogP contribution in [0.4, 0.5) is 5.69 Å². The molecule has 3 aromatic rings. The molecule has 2 heterocycles. The van der Waals surface area contributed by atoms with Gasteiger partial charge in [-0.1, -0.05) is 24.6 Å². The summed E-state index contributed by atoms with van der Waals surface area (Å²) in [5.74, 6) is -0.343. The van der Waals surface area contributed by atoms with Gasteiger partial charge in [0.05, 0.1) is 10.6 Å². The van der Waals surface area contributed by atoms with Crippen LogP contribution in [-0.4, -0.2) is 40.8 Å². The Morgan fingerprint density at radius 1 is 1.18 bits per heavy atom. The Morgan fingerprint density at radius 2 is 1.97 bits per heavy atom. The lowest BCUT2D eigenvalue weighted by Gasteiger charge is -2.32. The zero-order valence-electron chi connectivity index (χ0n) is 19.0. The van der Waals surface area contributed by atoms with E-state index in [1.807, 2.05) is 55.9 Å². The lowest BCUT2D eigenvalue weighted by molar-refractivity contribution is 0.102. The van der Waals surface area contributed by atoms with E-state index in [2.05, 4.69) is 10.3 Å². The van der Waals surface area contributed by atoms with Crippen LogP contribution in [0.2, 0.25) is 0 Å². The molecule has 0 saturated carbocycles. The Labute approximate surface area is 199 Å². The number of anilines is 1. The number of rotatable bonds is 6. The number of nitrogens with zero attached hydrogens (tertiary/aromatic N) is 3. The molecule has 7 nitrogen and oxygen atoms in total. The second kappa shape index (κ2) is 9.70. The van der Waals surface area contributed by atoms with Gasteiger partial charge in [0.1, 0.15) is 0 Å². The molecule has 33 heavy (non-hydrogen) atoms. The normalized spacial score (nSPS) is 17.1. The lowest BCUT2D eigenvalue weighted by Crippen LogP contribution is -2.42. The molecule has 1 atom stereocenters. The summed E-state index contributed by atoms with van der Waals surface area (Å²) in [5, 5.41) is 3.76. The van der Waals surface area contributed by atoms with E-state index >= 15 is 0 Å². The number of carbonyl (C=O) groups is 1. The Balaban J connectivity index is 1.61. The maximum absolute atomic E-state index is 13.3. The van der Waals surface area contributed by atoms with Crippen molar-refractivity contribution in [3.63, 3.8) is 0 Å². The molecule has 1 aromatic heterocycles. The summed E-state index contributed by atoms with van der Waals surface area (Å²) in [6.07, 6.45) is 6.32. The van der Waals surface area contributed by atoms with Crippen molar-refractivity contribution in [2.45, 2.75) is 54.1 Å². The van der Waals surface area contributed by atoms with Gasteiger partial charge in [-0.2, -0.15) is 4.31 Å². The number of para-hydroxylation sites is 1. The monoisotopic (exact) mass is 484 g/mol. The summed E-state index contributed by atoms with van der Waals surface area (Å²) in [6.45, 7) is 4.26. The molecule has 9 heteroatoms. The maximum Gasteiger partial charge on any atom is 0.256 e. The van der Waals surface area contributed by atoms with Gasteiger partial charge in [-0.3, -0.25) is 4.79 Å². The van der Waals surface area contributed by atoms with E-state index in [4.69, 9.17) is 0 Å². The van der Waals surface area contributed by atoms with Gasteiger partial charge >= 0.3 is 0 Å². The molecule has 2 aromatic carbocycles. The van der Waals surface area contributed by atoms with Crippen LogP contribution < -0.4 is 5.32 Å². The van der Waals surface area contributed by atoms with E-state index in [0.29, 0.717) is 23.4 Å². The van der Waals surface area contributed by atoms with Crippen LogP contribution >= 0.6 is 11.8 Å². The number of piperidine rings is 1. The van der Waals surface area contributed by atoms with E-state index in [1.165, 1.54) is 17.8 Å². The van der Waals surface area contributed by atoms with Gasteiger partial charge in [0.25, 0.3) is 5.91 Å². The van der Waals surface area contributed by atoms with E-state index in [1.54, 1.807) is 22.6 Å². The molecule has 1 aliphatic heterocycles. The number of hydrogen-bond donors (Lipinski definition) is 1. The molecule has 0 radical (unpaired) electrons. The summed E-state index contributed by atoms with van der Waals surface area (Å²) in [5.41, 5.74) is 1.71. The standard InChI is InChI=1S/C24H28N4O3S2/c1-17-11-12-19(33(30,31)28-14-7-6-8-18(28)2)16-20(17)23(29)26-21-9-4-5-10-22(21)32-24-25-13-15-27(24)3/h4-5,9-13,15-16,18H,6-8,14H2,1-3H3,(H,26,29). The number of imidazole rings is 1. The van der Waals surface area contributed by atoms with Crippen LogP contribution in [0, 0.1) is 6.92 Å². The zero-order chi connectivity index (χ0) is 23.6. The fraction of sp³-hybridized carbons (Fsp3) is 0.333. The minimum absolute atomic E-state index is 0.0441. The second-order valence-corrected chi connectivity index (χ2v) is 11.2. The molecule has 1 amide bonds. The number of aromatic nitrogens is 2. The quantitative estimate of drug-likeness (QED) is 0.548. The van der Waals surface area contributed by atoms with Crippen molar-refractivity contribution in [1.29, 1.82) is 0 Å². The highest BCUT2D eigenvalue weighted by Crippen LogP contribution is 2.33. The van der Waals surface area contributed by atoms with Gasteiger partial charge in [-0.05, 0) is 68.3 Å². The number of hydrogen-bond acceptors (Lipinski definition) is 5. The number of sulfonamides is 1.